The lowest BCUT2D eigenvalue weighted by Gasteiger charge is -2.13. The van der Waals surface area contributed by atoms with Gasteiger partial charge in [-0.05, 0) is 20.8 Å². The summed E-state index contributed by atoms with van der Waals surface area (Å²) in [5, 5.41) is 4.79. The van der Waals surface area contributed by atoms with Crippen molar-refractivity contribution in [3.8, 4) is 0 Å². The lowest BCUT2D eigenvalue weighted by atomic mass is 10.2. The summed E-state index contributed by atoms with van der Waals surface area (Å²) in [5.41, 5.74) is 6.66. The topological polar surface area (TPSA) is 43.8 Å². The molecule has 0 radical (unpaired) electrons. The average molecular weight is 188 g/mol. The number of nitrogens with zero attached hydrogens (tertiary/aromatic N) is 2. The minimum absolute atomic E-state index is 0.0672. The highest BCUT2D eigenvalue weighted by Gasteiger charge is 2.14. The first-order chi connectivity index (χ1) is 5.54. The Balaban J connectivity index is 3.12. The zero-order valence-electron chi connectivity index (χ0n) is 7.58. The highest BCUT2D eigenvalue weighted by molar-refractivity contribution is 6.31. The van der Waals surface area contributed by atoms with Gasteiger partial charge in [0, 0.05) is 12.1 Å². The van der Waals surface area contributed by atoms with Gasteiger partial charge in [-0.3, -0.25) is 4.68 Å². The fourth-order valence-corrected chi connectivity index (χ4v) is 1.49. The highest BCUT2D eigenvalue weighted by atomic mass is 35.5. The van der Waals surface area contributed by atoms with Crippen LogP contribution in [-0.2, 0) is 0 Å². The van der Waals surface area contributed by atoms with Gasteiger partial charge in [0.2, 0.25) is 0 Å². The molecule has 0 saturated carbocycles. The van der Waals surface area contributed by atoms with Gasteiger partial charge in [0.05, 0.1) is 16.9 Å². The Kier molecular flexibility index (Phi) is 2.75. The Morgan fingerprint density at radius 1 is 1.50 bits per heavy atom. The monoisotopic (exact) mass is 187 g/mol. The average Bonchev–Trinajstić information content (AvgIpc) is 2.30. The molecule has 0 aliphatic carbocycles. The summed E-state index contributed by atoms with van der Waals surface area (Å²) in [6, 6.07) is 0.237. The van der Waals surface area contributed by atoms with Crippen molar-refractivity contribution in [3.63, 3.8) is 0 Å². The minimum atomic E-state index is -0.0672. The number of halogens is 1. The lowest BCUT2D eigenvalue weighted by molar-refractivity contribution is 0.494. The predicted octanol–water partition coefficient (Wildman–Crippen LogP) is 2.14. The van der Waals surface area contributed by atoms with E-state index in [-0.39, 0.29) is 6.04 Å². The van der Waals surface area contributed by atoms with Gasteiger partial charge in [-0.1, -0.05) is 11.6 Å². The molecule has 1 aromatic rings. The van der Waals surface area contributed by atoms with Crippen LogP contribution in [-0.4, -0.2) is 9.78 Å². The third-order valence-corrected chi connectivity index (χ3v) is 2.00. The summed E-state index contributed by atoms with van der Waals surface area (Å²) in [6.45, 7) is 6.01. The Morgan fingerprint density at radius 2 is 2.08 bits per heavy atom. The third-order valence-electron chi connectivity index (χ3n) is 1.71. The molecule has 68 valence electrons. The van der Waals surface area contributed by atoms with Crippen LogP contribution in [0.2, 0.25) is 5.02 Å². The lowest BCUT2D eigenvalue weighted by Crippen LogP contribution is -2.15. The number of aromatic nitrogens is 2. The van der Waals surface area contributed by atoms with Crippen molar-refractivity contribution in [1.82, 2.24) is 9.78 Å². The van der Waals surface area contributed by atoms with Gasteiger partial charge >= 0.3 is 0 Å². The van der Waals surface area contributed by atoms with Gasteiger partial charge in [0.15, 0.2) is 0 Å². The summed E-state index contributed by atoms with van der Waals surface area (Å²) in [7, 11) is 0. The third kappa shape index (κ3) is 1.62. The number of hydrogen-bond acceptors (Lipinski definition) is 2. The molecular weight excluding hydrogens is 174 g/mol. The fraction of sp³-hybridized carbons (Fsp3) is 0.625. The first-order valence-corrected chi connectivity index (χ1v) is 4.40. The van der Waals surface area contributed by atoms with Crippen molar-refractivity contribution < 1.29 is 0 Å². The Morgan fingerprint density at radius 3 is 2.42 bits per heavy atom. The van der Waals surface area contributed by atoms with Gasteiger partial charge in [-0.15, -0.1) is 0 Å². The van der Waals surface area contributed by atoms with Gasteiger partial charge in [0.25, 0.3) is 0 Å². The van der Waals surface area contributed by atoms with Crippen LogP contribution < -0.4 is 5.73 Å². The molecule has 0 aliphatic heterocycles. The summed E-state index contributed by atoms with van der Waals surface area (Å²) < 4.78 is 1.85. The summed E-state index contributed by atoms with van der Waals surface area (Å²) in [5.74, 6) is 0. The van der Waals surface area contributed by atoms with Crippen LogP contribution in [0, 0.1) is 0 Å². The highest BCUT2D eigenvalue weighted by Crippen LogP contribution is 2.23. The summed E-state index contributed by atoms with van der Waals surface area (Å²) in [4.78, 5) is 0. The Hall–Kier alpha value is -0.540. The van der Waals surface area contributed by atoms with Crippen LogP contribution in [0.3, 0.4) is 0 Å². The predicted molar refractivity (Wildman–Crippen MR) is 50.2 cm³/mol. The number of nitrogens with two attached hydrogens (primary N) is 1. The molecule has 0 aliphatic rings. The zero-order valence-corrected chi connectivity index (χ0v) is 8.34. The molecule has 4 heteroatoms. The Labute approximate surface area is 77.5 Å². The minimum Gasteiger partial charge on any atom is -0.323 e. The van der Waals surface area contributed by atoms with E-state index in [9.17, 15) is 0 Å². The van der Waals surface area contributed by atoms with Crippen LogP contribution in [0.25, 0.3) is 0 Å². The van der Waals surface area contributed by atoms with Gasteiger partial charge in [-0.25, -0.2) is 0 Å². The fourth-order valence-electron chi connectivity index (χ4n) is 1.19. The molecule has 12 heavy (non-hydrogen) atoms. The van der Waals surface area contributed by atoms with E-state index in [1.807, 2.05) is 11.6 Å². The molecule has 2 N–H and O–H groups in total. The second-order valence-electron chi connectivity index (χ2n) is 3.20. The van der Waals surface area contributed by atoms with E-state index in [2.05, 4.69) is 18.9 Å². The van der Waals surface area contributed by atoms with Crippen LogP contribution >= 0.6 is 11.6 Å². The largest absolute Gasteiger partial charge is 0.323 e. The molecule has 1 atom stereocenters. The zero-order chi connectivity index (χ0) is 9.30. The van der Waals surface area contributed by atoms with Gasteiger partial charge < -0.3 is 5.73 Å². The second kappa shape index (κ2) is 3.46. The maximum atomic E-state index is 5.92. The van der Waals surface area contributed by atoms with Gasteiger partial charge in [-0.2, -0.15) is 5.10 Å². The van der Waals surface area contributed by atoms with E-state index in [0.717, 1.165) is 5.69 Å². The maximum Gasteiger partial charge on any atom is 0.0834 e. The van der Waals surface area contributed by atoms with Crippen LogP contribution in [0.5, 0.6) is 0 Å². The number of rotatable bonds is 2. The first kappa shape index (κ1) is 9.55. The molecule has 0 bridgehead atoms. The molecule has 0 amide bonds. The van der Waals surface area contributed by atoms with E-state index >= 15 is 0 Å². The first-order valence-electron chi connectivity index (χ1n) is 4.02. The van der Waals surface area contributed by atoms with Crippen molar-refractivity contribution in [3.05, 3.63) is 16.9 Å². The Bertz CT molecular complexity index is 265. The van der Waals surface area contributed by atoms with Crippen LogP contribution in [0.4, 0.5) is 0 Å². The standard InChI is InChI=1S/C8H14ClN3/c1-5(2)12-8(6(3)10)7(9)4-11-12/h4-6H,10H2,1-3H3. The summed E-state index contributed by atoms with van der Waals surface area (Å²) >= 11 is 5.92. The van der Waals surface area contributed by atoms with Crippen LogP contribution in [0.1, 0.15) is 38.5 Å². The van der Waals surface area contributed by atoms with E-state index in [1.54, 1.807) is 6.20 Å². The van der Waals surface area contributed by atoms with E-state index in [4.69, 9.17) is 17.3 Å². The molecular formula is C8H14ClN3. The molecule has 3 nitrogen and oxygen atoms in total. The van der Waals surface area contributed by atoms with Crippen molar-refractivity contribution in [1.29, 1.82) is 0 Å². The van der Waals surface area contributed by atoms with Crippen LogP contribution in [0.15, 0.2) is 6.20 Å². The molecule has 1 rings (SSSR count). The van der Waals surface area contributed by atoms with E-state index in [0.29, 0.717) is 11.1 Å². The molecule has 1 heterocycles. The smallest absolute Gasteiger partial charge is 0.0834 e. The quantitative estimate of drug-likeness (QED) is 0.771. The van der Waals surface area contributed by atoms with Crippen molar-refractivity contribution in [2.75, 3.05) is 0 Å². The van der Waals surface area contributed by atoms with E-state index in [1.165, 1.54) is 0 Å². The van der Waals surface area contributed by atoms with Crippen molar-refractivity contribution in [2.24, 2.45) is 5.73 Å². The molecule has 0 saturated heterocycles. The normalized spacial score (nSPS) is 13.8. The number of hydrogen-bond donors (Lipinski definition) is 1. The van der Waals surface area contributed by atoms with E-state index < -0.39 is 0 Å². The molecule has 1 unspecified atom stereocenters. The molecule has 0 aromatic carbocycles. The van der Waals surface area contributed by atoms with Crippen molar-refractivity contribution >= 4 is 11.6 Å². The molecule has 1 aromatic heterocycles. The molecule has 0 spiro atoms. The summed E-state index contributed by atoms with van der Waals surface area (Å²) in [6.07, 6.45) is 1.64. The maximum absolute atomic E-state index is 5.92. The molecule has 0 fully saturated rings. The SMILES string of the molecule is CC(N)c1c(Cl)cnn1C(C)C. The second-order valence-corrected chi connectivity index (χ2v) is 3.61. The van der Waals surface area contributed by atoms with Crippen molar-refractivity contribution in [2.45, 2.75) is 32.9 Å². The van der Waals surface area contributed by atoms with Gasteiger partial charge in [0.1, 0.15) is 0 Å².